The molecule has 4 heteroatoms. The lowest BCUT2D eigenvalue weighted by atomic mass is 10.1. The zero-order valence-electron chi connectivity index (χ0n) is 8.29. The maximum atomic E-state index is 8.84. The van der Waals surface area contributed by atoms with Crippen LogP contribution in [0.2, 0.25) is 0 Å². The summed E-state index contributed by atoms with van der Waals surface area (Å²) in [7, 11) is 0. The first-order valence-corrected chi connectivity index (χ1v) is 4.59. The van der Waals surface area contributed by atoms with Gasteiger partial charge in [0.1, 0.15) is 12.1 Å². The highest BCUT2D eigenvalue weighted by atomic mass is 16.7. The number of nitriles is 2. The van der Waals surface area contributed by atoms with Crippen molar-refractivity contribution in [3.05, 3.63) is 53.9 Å². The van der Waals surface area contributed by atoms with Gasteiger partial charge in [-0.2, -0.15) is 15.3 Å². The number of hydrogen-bond donors (Lipinski definition) is 0. The largest absolute Gasteiger partial charge is 0.376 e. The van der Waals surface area contributed by atoms with E-state index in [1.165, 1.54) is 4.73 Å². The van der Waals surface area contributed by atoms with Crippen LogP contribution in [-0.4, -0.2) is 4.73 Å². The molecule has 76 valence electrons. The lowest BCUT2D eigenvalue weighted by Gasteiger charge is -2.05. The number of benzene rings is 1. The molecule has 2 rings (SSSR count). The molecule has 0 aliphatic carbocycles. The molecular formula is C12H7N3O. The third-order valence-corrected chi connectivity index (χ3v) is 2.02. The minimum atomic E-state index is 0.312. The number of aromatic nitrogens is 1. The molecule has 16 heavy (non-hydrogen) atoms. The Morgan fingerprint density at radius 2 is 1.69 bits per heavy atom. The summed E-state index contributed by atoms with van der Waals surface area (Å²) in [5.74, 6) is 0.520. The van der Waals surface area contributed by atoms with Gasteiger partial charge in [-0.15, -0.1) is 0 Å². The monoisotopic (exact) mass is 209 g/mol. The molecule has 0 radical (unpaired) electrons. The summed E-state index contributed by atoms with van der Waals surface area (Å²) in [5, 5.41) is 17.6. The van der Waals surface area contributed by atoms with E-state index in [1.54, 1.807) is 30.6 Å². The number of rotatable bonds is 2. The van der Waals surface area contributed by atoms with E-state index in [1.807, 2.05) is 24.3 Å². The zero-order chi connectivity index (χ0) is 11.4. The third-order valence-electron chi connectivity index (χ3n) is 2.02. The van der Waals surface area contributed by atoms with Crippen LogP contribution in [0.5, 0.6) is 5.75 Å². The lowest BCUT2D eigenvalue weighted by Crippen LogP contribution is -2.01. The normalized spacial score (nSPS) is 9.12. The standard InChI is InChI=1S/C12H7N3O/c13-8-10-3-4-12(7-11(10)9-14)16-15-5-1-2-6-15/h1-7H. The summed E-state index contributed by atoms with van der Waals surface area (Å²) in [6.07, 6.45) is 3.48. The first-order chi connectivity index (χ1) is 7.83. The Morgan fingerprint density at radius 3 is 2.31 bits per heavy atom. The van der Waals surface area contributed by atoms with Crippen molar-refractivity contribution in [2.75, 3.05) is 0 Å². The molecule has 0 fully saturated rings. The summed E-state index contributed by atoms with van der Waals surface area (Å²) in [5.41, 5.74) is 0.662. The number of hydrogen-bond acceptors (Lipinski definition) is 3. The van der Waals surface area contributed by atoms with E-state index in [-0.39, 0.29) is 0 Å². The van der Waals surface area contributed by atoms with E-state index in [4.69, 9.17) is 15.4 Å². The van der Waals surface area contributed by atoms with Gasteiger partial charge in [0.2, 0.25) is 0 Å². The Morgan fingerprint density at radius 1 is 1.00 bits per heavy atom. The van der Waals surface area contributed by atoms with E-state index in [2.05, 4.69) is 0 Å². The van der Waals surface area contributed by atoms with Gasteiger partial charge in [0.15, 0.2) is 5.75 Å². The van der Waals surface area contributed by atoms with Crippen molar-refractivity contribution in [1.82, 2.24) is 4.73 Å². The molecule has 0 amide bonds. The highest BCUT2D eigenvalue weighted by molar-refractivity contribution is 5.49. The molecule has 0 bridgehead atoms. The first kappa shape index (κ1) is 9.82. The average molecular weight is 209 g/mol. The van der Waals surface area contributed by atoms with Crippen LogP contribution in [-0.2, 0) is 0 Å². The number of nitrogens with zero attached hydrogens (tertiary/aromatic N) is 3. The SMILES string of the molecule is N#Cc1ccc(On2cccc2)cc1C#N. The van der Waals surface area contributed by atoms with Gasteiger partial charge in [-0.25, -0.2) is 0 Å². The van der Waals surface area contributed by atoms with E-state index in [9.17, 15) is 0 Å². The molecule has 0 atom stereocenters. The van der Waals surface area contributed by atoms with E-state index < -0.39 is 0 Å². The van der Waals surface area contributed by atoms with Crippen LogP contribution in [0.4, 0.5) is 0 Å². The van der Waals surface area contributed by atoms with Gasteiger partial charge in [0.05, 0.1) is 11.1 Å². The van der Waals surface area contributed by atoms with Gasteiger partial charge in [0, 0.05) is 18.5 Å². The molecule has 0 spiro atoms. The zero-order valence-corrected chi connectivity index (χ0v) is 8.29. The minimum absolute atomic E-state index is 0.312. The first-order valence-electron chi connectivity index (χ1n) is 4.59. The van der Waals surface area contributed by atoms with Crippen molar-refractivity contribution in [2.24, 2.45) is 0 Å². The smallest absolute Gasteiger partial charge is 0.157 e. The Balaban J connectivity index is 2.31. The second-order valence-corrected chi connectivity index (χ2v) is 3.07. The third kappa shape index (κ3) is 1.87. The summed E-state index contributed by atoms with van der Waals surface area (Å²) in [4.78, 5) is 5.42. The highest BCUT2D eigenvalue weighted by Gasteiger charge is 2.03. The van der Waals surface area contributed by atoms with E-state index in [0.29, 0.717) is 16.9 Å². The van der Waals surface area contributed by atoms with Crippen molar-refractivity contribution in [1.29, 1.82) is 10.5 Å². The summed E-state index contributed by atoms with van der Waals surface area (Å²) in [6.45, 7) is 0. The van der Waals surface area contributed by atoms with Crippen molar-refractivity contribution >= 4 is 0 Å². The second kappa shape index (κ2) is 4.20. The predicted molar refractivity (Wildman–Crippen MR) is 56.3 cm³/mol. The fourth-order valence-electron chi connectivity index (χ4n) is 1.27. The van der Waals surface area contributed by atoms with Crippen molar-refractivity contribution < 1.29 is 4.84 Å². The van der Waals surface area contributed by atoms with Crippen LogP contribution in [0.3, 0.4) is 0 Å². The van der Waals surface area contributed by atoms with Crippen LogP contribution in [0, 0.1) is 22.7 Å². The Hall–Kier alpha value is -2.72. The van der Waals surface area contributed by atoms with Gasteiger partial charge in [-0.3, -0.25) is 0 Å². The van der Waals surface area contributed by atoms with Crippen molar-refractivity contribution in [3.8, 4) is 17.9 Å². The van der Waals surface area contributed by atoms with Crippen LogP contribution in [0.1, 0.15) is 11.1 Å². The Bertz CT molecular complexity index is 573. The predicted octanol–water partition coefficient (Wildman–Crippen LogP) is 2.07. The Labute approximate surface area is 92.5 Å². The van der Waals surface area contributed by atoms with Crippen molar-refractivity contribution in [3.63, 3.8) is 0 Å². The molecule has 1 heterocycles. The molecular weight excluding hydrogens is 202 g/mol. The molecule has 0 N–H and O–H groups in total. The maximum absolute atomic E-state index is 8.84. The molecule has 4 nitrogen and oxygen atoms in total. The summed E-state index contributed by atoms with van der Waals surface area (Å²) >= 11 is 0. The topological polar surface area (TPSA) is 61.7 Å². The van der Waals surface area contributed by atoms with Crippen LogP contribution < -0.4 is 4.84 Å². The minimum Gasteiger partial charge on any atom is -0.376 e. The molecule has 0 aliphatic rings. The lowest BCUT2D eigenvalue weighted by molar-refractivity contribution is 0.217. The van der Waals surface area contributed by atoms with Gasteiger partial charge in [-0.05, 0) is 24.3 Å². The van der Waals surface area contributed by atoms with Gasteiger partial charge in [0.25, 0.3) is 0 Å². The van der Waals surface area contributed by atoms with Crippen LogP contribution >= 0.6 is 0 Å². The van der Waals surface area contributed by atoms with E-state index in [0.717, 1.165) is 0 Å². The molecule has 0 unspecified atom stereocenters. The summed E-state index contributed by atoms with van der Waals surface area (Å²) < 4.78 is 1.52. The molecule has 1 aromatic heterocycles. The van der Waals surface area contributed by atoms with Crippen LogP contribution in [0.15, 0.2) is 42.7 Å². The summed E-state index contributed by atoms with van der Waals surface area (Å²) in [6, 6.07) is 12.3. The fraction of sp³-hybridized carbons (Fsp3) is 0. The van der Waals surface area contributed by atoms with Crippen LogP contribution in [0.25, 0.3) is 0 Å². The molecule has 1 aromatic carbocycles. The Kier molecular flexibility index (Phi) is 2.58. The second-order valence-electron chi connectivity index (χ2n) is 3.07. The van der Waals surface area contributed by atoms with Gasteiger partial charge >= 0.3 is 0 Å². The molecule has 2 aromatic rings. The van der Waals surface area contributed by atoms with Crippen molar-refractivity contribution in [2.45, 2.75) is 0 Å². The molecule has 0 aliphatic heterocycles. The van der Waals surface area contributed by atoms with E-state index >= 15 is 0 Å². The average Bonchev–Trinajstić information content (AvgIpc) is 2.81. The molecule has 0 saturated carbocycles. The highest BCUT2D eigenvalue weighted by Crippen LogP contribution is 2.17. The fourth-order valence-corrected chi connectivity index (χ4v) is 1.27. The maximum Gasteiger partial charge on any atom is 0.157 e. The van der Waals surface area contributed by atoms with Gasteiger partial charge < -0.3 is 4.84 Å². The quantitative estimate of drug-likeness (QED) is 0.760. The van der Waals surface area contributed by atoms with Gasteiger partial charge in [-0.1, -0.05) is 0 Å². The molecule has 0 saturated heterocycles.